The highest BCUT2D eigenvalue weighted by molar-refractivity contribution is 14.0. The van der Waals surface area contributed by atoms with Gasteiger partial charge < -0.3 is 15.5 Å². The standard InChI is InChI=1S/C19H29N5S.HI/c1-6-20-19(22-13-18-15(3)23-16(4)25-18)21-12-14(2)24(5)17-10-8-7-9-11-17;/h7-11,14H,6,12-13H2,1-5H3,(H2,20,21,22);1H. The number of benzene rings is 1. The molecule has 0 aliphatic rings. The smallest absolute Gasteiger partial charge is 0.191 e. The molecule has 2 N–H and O–H groups in total. The van der Waals surface area contributed by atoms with Gasteiger partial charge in [0.1, 0.15) is 0 Å². The van der Waals surface area contributed by atoms with Crippen molar-refractivity contribution in [3.8, 4) is 0 Å². The third-order valence-electron chi connectivity index (χ3n) is 4.11. The first kappa shape index (κ1) is 22.7. The van der Waals surface area contributed by atoms with Crippen molar-refractivity contribution in [2.75, 3.05) is 25.0 Å². The molecule has 0 bridgehead atoms. The molecule has 1 unspecified atom stereocenters. The maximum Gasteiger partial charge on any atom is 0.191 e. The third-order valence-corrected chi connectivity index (χ3v) is 5.17. The molecule has 2 rings (SSSR count). The number of nitrogens with one attached hydrogen (secondary N) is 2. The minimum Gasteiger partial charge on any atom is -0.370 e. The van der Waals surface area contributed by atoms with E-state index in [0.29, 0.717) is 12.6 Å². The molecule has 1 aromatic carbocycles. The average molecular weight is 487 g/mol. The largest absolute Gasteiger partial charge is 0.370 e. The summed E-state index contributed by atoms with van der Waals surface area (Å²) in [4.78, 5) is 12.7. The lowest BCUT2D eigenvalue weighted by Crippen LogP contribution is -2.45. The van der Waals surface area contributed by atoms with Crippen molar-refractivity contribution < 1.29 is 0 Å². The molecule has 1 atom stereocenters. The van der Waals surface area contributed by atoms with E-state index in [4.69, 9.17) is 4.99 Å². The molecule has 0 fully saturated rings. The summed E-state index contributed by atoms with van der Waals surface area (Å²) in [5.41, 5.74) is 2.30. The Labute approximate surface area is 178 Å². The van der Waals surface area contributed by atoms with E-state index in [2.05, 4.69) is 65.7 Å². The fourth-order valence-electron chi connectivity index (χ4n) is 2.51. The van der Waals surface area contributed by atoms with E-state index < -0.39 is 0 Å². The minimum absolute atomic E-state index is 0. The zero-order valence-electron chi connectivity index (χ0n) is 16.2. The van der Waals surface area contributed by atoms with Crippen molar-refractivity contribution >= 4 is 47.0 Å². The third kappa shape index (κ3) is 6.75. The van der Waals surface area contributed by atoms with E-state index >= 15 is 0 Å². The van der Waals surface area contributed by atoms with Crippen molar-refractivity contribution in [3.63, 3.8) is 0 Å². The maximum atomic E-state index is 4.71. The molecule has 1 heterocycles. The van der Waals surface area contributed by atoms with E-state index in [9.17, 15) is 0 Å². The number of hydrogen-bond donors (Lipinski definition) is 2. The number of nitrogens with zero attached hydrogens (tertiary/aromatic N) is 3. The first-order chi connectivity index (χ1) is 12.0. The van der Waals surface area contributed by atoms with E-state index in [0.717, 1.165) is 29.8 Å². The number of aliphatic imine (C=N–C) groups is 1. The van der Waals surface area contributed by atoms with Crippen LogP contribution in [0.3, 0.4) is 0 Å². The Kier molecular flexibility index (Phi) is 9.93. The number of anilines is 1. The van der Waals surface area contributed by atoms with Gasteiger partial charge in [0.2, 0.25) is 0 Å². The molecule has 5 nitrogen and oxygen atoms in total. The summed E-state index contributed by atoms with van der Waals surface area (Å²) in [5, 5.41) is 7.86. The van der Waals surface area contributed by atoms with Gasteiger partial charge in [0.05, 0.1) is 17.2 Å². The van der Waals surface area contributed by atoms with Crippen molar-refractivity contribution in [3.05, 3.63) is 45.9 Å². The van der Waals surface area contributed by atoms with Crippen LogP contribution in [-0.4, -0.2) is 37.1 Å². The van der Waals surface area contributed by atoms with Crippen LogP contribution in [0.5, 0.6) is 0 Å². The van der Waals surface area contributed by atoms with Gasteiger partial charge in [0.25, 0.3) is 0 Å². The minimum atomic E-state index is 0. The Balaban J connectivity index is 0.00000338. The van der Waals surface area contributed by atoms with Crippen LogP contribution < -0.4 is 15.5 Å². The molecule has 0 aliphatic carbocycles. The second-order valence-corrected chi connectivity index (χ2v) is 7.40. The number of hydrogen-bond acceptors (Lipinski definition) is 4. The van der Waals surface area contributed by atoms with Crippen LogP contribution in [0.15, 0.2) is 35.3 Å². The highest BCUT2D eigenvalue weighted by Crippen LogP contribution is 2.18. The first-order valence-corrected chi connectivity index (χ1v) is 9.55. The van der Waals surface area contributed by atoms with Crippen LogP contribution in [0.25, 0.3) is 0 Å². The van der Waals surface area contributed by atoms with E-state index in [1.165, 1.54) is 10.6 Å². The number of rotatable bonds is 7. The summed E-state index contributed by atoms with van der Waals surface area (Å²) in [6.07, 6.45) is 0. The van der Waals surface area contributed by atoms with E-state index in [1.807, 2.05) is 19.9 Å². The van der Waals surface area contributed by atoms with E-state index in [1.54, 1.807) is 11.3 Å². The zero-order valence-corrected chi connectivity index (χ0v) is 19.4. The number of thiazole rings is 1. The normalized spacial score (nSPS) is 12.3. The molecule has 144 valence electrons. The second-order valence-electron chi connectivity index (χ2n) is 6.11. The van der Waals surface area contributed by atoms with Crippen LogP contribution >= 0.6 is 35.3 Å². The van der Waals surface area contributed by atoms with Gasteiger partial charge in [-0.15, -0.1) is 35.3 Å². The predicted octanol–water partition coefficient (Wildman–Crippen LogP) is 3.96. The lowest BCUT2D eigenvalue weighted by Gasteiger charge is -2.27. The Morgan fingerprint density at radius 3 is 2.50 bits per heavy atom. The molecule has 0 saturated carbocycles. The van der Waals surface area contributed by atoms with Crippen LogP contribution in [-0.2, 0) is 6.54 Å². The summed E-state index contributed by atoms with van der Waals surface area (Å²) in [7, 11) is 2.12. The summed E-state index contributed by atoms with van der Waals surface area (Å²) in [6.45, 7) is 10.7. The molecule has 0 amide bonds. The molecule has 1 aromatic heterocycles. The Hall–Kier alpha value is -1.35. The van der Waals surface area contributed by atoms with Crippen molar-refractivity contribution in [2.45, 2.75) is 40.3 Å². The van der Waals surface area contributed by atoms with Gasteiger partial charge in [-0.25, -0.2) is 9.98 Å². The zero-order chi connectivity index (χ0) is 18.2. The quantitative estimate of drug-likeness (QED) is 0.353. The molecular formula is C19H30IN5S. The lowest BCUT2D eigenvalue weighted by molar-refractivity contribution is 0.649. The SMILES string of the molecule is CCNC(=NCc1sc(C)nc1C)NCC(C)N(C)c1ccccc1.I. The highest BCUT2D eigenvalue weighted by Gasteiger charge is 2.11. The van der Waals surface area contributed by atoms with Gasteiger partial charge in [-0.3, -0.25) is 0 Å². The van der Waals surface area contributed by atoms with Crippen molar-refractivity contribution in [1.82, 2.24) is 15.6 Å². The van der Waals surface area contributed by atoms with Gasteiger partial charge in [-0.1, -0.05) is 18.2 Å². The van der Waals surface area contributed by atoms with Crippen molar-refractivity contribution in [1.29, 1.82) is 0 Å². The Morgan fingerprint density at radius 2 is 1.92 bits per heavy atom. The monoisotopic (exact) mass is 487 g/mol. The fraction of sp³-hybridized carbons (Fsp3) is 0.474. The van der Waals surface area contributed by atoms with Gasteiger partial charge in [0.15, 0.2) is 5.96 Å². The Morgan fingerprint density at radius 1 is 1.23 bits per heavy atom. The number of guanidine groups is 1. The molecule has 26 heavy (non-hydrogen) atoms. The van der Waals surface area contributed by atoms with Crippen LogP contribution in [0.4, 0.5) is 5.69 Å². The molecule has 7 heteroatoms. The number of para-hydroxylation sites is 1. The summed E-state index contributed by atoms with van der Waals surface area (Å²) >= 11 is 1.72. The van der Waals surface area contributed by atoms with Crippen molar-refractivity contribution in [2.24, 2.45) is 4.99 Å². The topological polar surface area (TPSA) is 52.6 Å². The summed E-state index contributed by atoms with van der Waals surface area (Å²) < 4.78 is 0. The molecule has 0 saturated heterocycles. The Bertz CT molecular complexity index is 686. The molecule has 0 spiro atoms. The van der Waals surface area contributed by atoms with Gasteiger partial charge in [0, 0.05) is 36.7 Å². The number of halogens is 1. The summed E-state index contributed by atoms with van der Waals surface area (Å²) in [6, 6.07) is 10.8. The highest BCUT2D eigenvalue weighted by atomic mass is 127. The van der Waals surface area contributed by atoms with Crippen LogP contribution in [0, 0.1) is 13.8 Å². The maximum absolute atomic E-state index is 4.71. The van der Waals surface area contributed by atoms with Gasteiger partial charge in [-0.2, -0.15) is 0 Å². The average Bonchev–Trinajstić information content (AvgIpc) is 2.94. The summed E-state index contributed by atoms with van der Waals surface area (Å²) in [5.74, 6) is 0.848. The van der Waals surface area contributed by atoms with E-state index in [-0.39, 0.29) is 24.0 Å². The molecule has 2 aromatic rings. The molecule has 0 aliphatic heterocycles. The number of aromatic nitrogens is 1. The molecular weight excluding hydrogens is 457 g/mol. The van der Waals surface area contributed by atoms with Gasteiger partial charge >= 0.3 is 0 Å². The predicted molar refractivity (Wildman–Crippen MR) is 124 cm³/mol. The fourth-order valence-corrected chi connectivity index (χ4v) is 3.37. The second kappa shape index (κ2) is 11.4. The lowest BCUT2D eigenvalue weighted by atomic mass is 10.2. The van der Waals surface area contributed by atoms with Gasteiger partial charge in [-0.05, 0) is 39.8 Å². The van der Waals surface area contributed by atoms with Crippen LogP contribution in [0.1, 0.15) is 29.4 Å². The number of likely N-dealkylation sites (N-methyl/N-ethyl adjacent to an activating group) is 1. The molecule has 0 radical (unpaired) electrons. The van der Waals surface area contributed by atoms with Crippen LogP contribution in [0.2, 0.25) is 0 Å². The first-order valence-electron chi connectivity index (χ1n) is 8.74. The number of aryl methyl sites for hydroxylation is 2.